The lowest BCUT2D eigenvalue weighted by Crippen LogP contribution is -2.42. The minimum atomic E-state index is -0.191. The number of anilines is 1. The number of aromatic nitrogens is 2. The molecular formula is C27H31N5O4. The van der Waals surface area contributed by atoms with Crippen LogP contribution in [-0.2, 0) is 16.1 Å². The van der Waals surface area contributed by atoms with Crippen molar-refractivity contribution in [3.8, 4) is 11.4 Å². The van der Waals surface area contributed by atoms with E-state index in [4.69, 9.17) is 9.26 Å². The number of nitrogens with one attached hydrogen (secondary N) is 1. The first-order valence-electron chi connectivity index (χ1n) is 12.5. The Bertz CT molecular complexity index is 1220. The van der Waals surface area contributed by atoms with Gasteiger partial charge >= 0.3 is 0 Å². The average Bonchev–Trinajstić information content (AvgIpc) is 3.37. The molecule has 1 atom stereocenters. The first-order chi connectivity index (χ1) is 17.6. The van der Waals surface area contributed by atoms with E-state index in [1.165, 1.54) is 0 Å². The molecule has 3 heterocycles. The zero-order chi connectivity index (χ0) is 24.9. The summed E-state index contributed by atoms with van der Waals surface area (Å²) in [4.78, 5) is 34.8. The van der Waals surface area contributed by atoms with Crippen LogP contribution in [0.3, 0.4) is 0 Å². The predicted octanol–water partition coefficient (Wildman–Crippen LogP) is 3.37. The van der Waals surface area contributed by atoms with Gasteiger partial charge in [-0.25, -0.2) is 0 Å². The van der Waals surface area contributed by atoms with Crippen molar-refractivity contribution in [2.45, 2.75) is 26.3 Å². The lowest BCUT2D eigenvalue weighted by Gasteiger charge is -2.31. The van der Waals surface area contributed by atoms with E-state index in [2.05, 4.69) is 20.4 Å². The SMILES string of the molecule is Cc1ccccc1-c1noc(CN2CCCC(C(=O)Nc3ccccc3C(=O)N3CCOCC3)C2)n1. The summed E-state index contributed by atoms with van der Waals surface area (Å²) in [6.07, 6.45) is 1.69. The molecule has 2 amide bonds. The molecule has 0 spiro atoms. The van der Waals surface area contributed by atoms with Crippen molar-refractivity contribution in [3.63, 3.8) is 0 Å². The molecular weight excluding hydrogens is 458 g/mol. The second kappa shape index (κ2) is 11.0. The van der Waals surface area contributed by atoms with Crippen molar-refractivity contribution < 1.29 is 18.8 Å². The number of aryl methyl sites for hydroxylation is 1. The largest absolute Gasteiger partial charge is 0.378 e. The summed E-state index contributed by atoms with van der Waals surface area (Å²) < 4.78 is 10.9. The van der Waals surface area contributed by atoms with Gasteiger partial charge in [-0.05, 0) is 44.0 Å². The Hall–Kier alpha value is -3.56. The van der Waals surface area contributed by atoms with E-state index in [1.54, 1.807) is 17.0 Å². The Labute approximate surface area is 210 Å². The quantitative estimate of drug-likeness (QED) is 0.567. The molecule has 2 aliphatic heterocycles. The number of piperidine rings is 1. The van der Waals surface area contributed by atoms with Crippen LogP contribution in [0, 0.1) is 12.8 Å². The molecule has 0 bridgehead atoms. The van der Waals surface area contributed by atoms with Gasteiger partial charge in [0.15, 0.2) is 0 Å². The summed E-state index contributed by atoms with van der Waals surface area (Å²) in [6.45, 7) is 6.14. The Morgan fingerprint density at radius 2 is 1.83 bits per heavy atom. The van der Waals surface area contributed by atoms with Crippen LogP contribution in [0.25, 0.3) is 11.4 Å². The summed E-state index contributed by atoms with van der Waals surface area (Å²) in [5.41, 5.74) is 3.10. The lowest BCUT2D eigenvalue weighted by atomic mass is 9.96. The molecule has 9 heteroatoms. The van der Waals surface area contributed by atoms with Crippen LogP contribution in [0.1, 0.15) is 34.7 Å². The highest BCUT2D eigenvalue weighted by molar-refractivity contribution is 6.04. The number of amides is 2. The average molecular weight is 490 g/mol. The van der Waals surface area contributed by atoms with Gasteiger partial charge in [-0.15, -0.1) is 0 Å². The highest BCUT2D eigenvalue weighted by atomic mass is 16.5. The van der Waals surface area contributed by atoms with Crippen LogP contribution < -0.4 is 5.32 Å². The van der Waals surface area contributed by atoms with E-state index in [0.29, 0.717) is 62.4 Å². The summed E-state index contributed by atoms with van der Waals surface area (Å²) >= 11 is 0. The van der Waals surface area contributed by atoms with Crippen molar-refractivity contribution in [1.82, 2.24) is 19.9 Å². The standard InChI is InChI=1S/C27H31N5O4/c1-19-7-2-3-9-21(19)25-29-24(36-30-25)18-31-12-6-8-20(17-31)26(33)28-23-11-5-4-10-22(23)27(34)32-13-15-35-16-14-32/h2-5,7,9-11,20H,6,8,12-18H2,1H3,(H,28,33). The molecule has 5 rings (SSSR count). The maximum absolute atomic E-state index is 13.2. The number of carbonyl (C=O) groups is 2. The summed E-state index contributed by atoms with van der Waals surface area (Å²) in [5.74, 6) is 0.768. The van der Waals surface area contributed by atoms with Crippen LogP contribution in [0.4, 0.5) is 5.69 Å². The Morgan fingerprint density at radius 1 is 1.06 bits per heavy atom. The third kappa shape index (κ3) is 5.47. The van der Waals surface area contributed by atoms with Crippen LogP contribution in [0.2, 0.25) is 0 Å². The van der Waals surface area contributed by atoms with Crippen LogP contribution in [-0.4, -0.2) is 71.1 Å². The minimum Gasteiger partial charge on any atom is -0.378 e. The molecule has 0 radical (unpaired) electrons. The van der Waals surface area contributed by atoms with Gasteiger partial charge in [0.2, 0.25) is 17.6 Å². The Kier molecular flexibility index (Phi) is 7.39. The Morgan fingerprint density at radius 3 is 2.67 bits per heavy atom. The number of para-hydroxylation sites is 1. The number of hydrogen-bond donors (Lipinski definition) is 1. The van der Waals surface area contributed by atoms with Gasteiger partial charge in [0.25, 0.3) is 5.91 Å². The zero-order valence-electron chi connectivity index (χ0n) is 20.5. The molecule has 0 aliphatic carbocycles. The number of carbonyl (C=O) groups excluding carboxylic acids is 2. The van der Waals surface area contributed by atoms with Gasteiger partial charge in [0.1, 0.15) is 0 Å². The van der Waals surface area contributed by atoms with Gasteiger partial charge < -0.3 is 19.5 Å². The molecule has 188 valence electrons. The van der Waals surface area contributed by atoms with Crippen molar-refractivity contribution in [3.05, 3.63) is 65.5 Å². The second-order valence-electron chi connectivity index (χ2n) is 9.34. The summed E-state index contributed by atoms with van der Waals surface area (Å²) in [7, 11) is 0. The highest BCUT2D eigenvalue weighted by Gasteiger charge is 2.28. The maximum Gasteiger partial charge on any atom is 0.256 e. The fraction of sp³-hybridized carbons (Fsp3) is 0.407. The topological polar surface area (TPSA) is 101 Å². The molecule has 1 N–H and O–H groups in total. The fourth-order valence-electron chi connectivity index (χ4n) is 4.81. The molecule has 2 fully saturated rings. The van der Waals surface area contributed by atoms with Crippen LogP contribution >= 0.6 is 0 Å². The summed E-state index contributed by atoms with van der Waals surface area (Å²) in [6, 6.07) is 15.1. The highest BCUT2D eigenvalue weighted by Crippen LogP contribution is 2.24. The Balaban J connectivity index is 1.22. The van der Waals surface area contributed by atoms with Crippen molar-refractivity contribution >= 4 is 17.5 Å². The van der Waals surface area contributed by atoms with E-state index >= 15 is 0 Å². The van der Waals surface area contributed by atoms with E-state index < -0.39 is 0 Å². The number of likely N-dealkylation sites (tertiary alicyclic amines) is 1. The third-order valence-corrected chi connectivity index (χ3v) is 6.80. The molecule has 1 aromatic heterocycles. The van der Waals surface area contributed by atoms with Gasteiger partial charge in [0.05, 0.1) is 36.9 Å². The molecule has 2 aromatic carbocycles. The number of hydrogen-bond acceptors (Lipinski definition) is 7. The van der Waals surface area contributed by atoms with Gasteiger partial charge in [-0.1, -0.05) is 41.6 Å². The monoisotopic (exact) mass is 489 g/mol. The number of rotatable bonds is 6. The van der Waals surface area contributed by atoms with Crippen molar-refractivity contribution in [2.24, 2.45) is 5.92 Å². The molecule has 1 unspecified atom stereocenters. The number of morpholine rings is 1. The minimum absolute atomic E-state index is 0.0759. The zero-order valence-corrected chi connectivity index (χ0v) is 20.5. The molecule has 2 aliphatic rings. The van der Waals surface area contributed by atoms with Crippen LogP contribution in [0.5, 0.6) is 0 Å². The number of ether oxygens (including phenoxy) is 1. The smallest absolute Gasteiger partial charge is 0.256 e. The van der Waals surface area contributed by atoms with Crippen molar-refractivity contribution in [1.29, 1.82) is 0 Å². The fourth-order valence-corrected chi connectivity index (χ4v) is 4.81. The second-order valence-corrected chi connectivity index (χ2v) is 9.34. The summed E-state index contributed by atoms with van der Waals surface area (Å²) in [5, 5.41) is 7.17. The van der Waals surface area contributed by atoms with Gasteiger partial charge in [-0.3, -0.25) is 14.5 Å². The maximum atomic E-state index is 13.2. The van der Waals surface area contributed by atoms with E-state index in [0.717, 1.165) is 30.5 Å². The molecule has 9 nitrogen and oxygen atoms in total. The number of benzene rings is 2. The van der Waals surface area contributed by atoms with E-state index in [1.807, 2.05) is 43.3 Å². The lowest BCUT2D eigenvalue weighted by molar-refractivity contribution is -0.121. The predicted molar refractivity (Wildman–Crippen MR) is 134 cm³/mol. The van der Waals surface area contributed by atoms with Crippen molar-refractivity contribution in [2.75, 3.05) is 44.7 Å². The van der Waals surface area contributed by atoms with Gasteiger partial charge in [0, 0.05) is 25.2 Å². The first kappa shape index (κ1) is 24.1. The number of nitrogens with zero attached hydrogens (tertiary/aromatic N) is 4. The molecule has 0 saturated carbocycles. The van der Waals surface area contributed by atoms with Gasteiger partial charge in [-0.2, -0.15) is 4.98 Å². The third-order valence-electron chi connectivity index (χ3n) is 6.80. The van der Waals surface area contributed by atoms with Crippen LogP contribution in [0.15, 0.2) is 53.1 Å². The van der Waals surface area contributed by atoms with E-state index in [9.17, 15) is 9.59 Å². The molecule has 3 aromatic rings. The van der Waals surface area contributed by atoms with E-state index in [-0.39, 0.29) is 17.7 Å². The first-order valence-corrected chi connectivity index (χ1v) is 12.5. The molecule has 2 saturated heterocycles. The molecule has 36 heavy (non-hydrogen) atoms. The normalized spacial score (nSPS) is 18.7.